The average Bonchev–Trinajstić information content (AvgIpc) is 2.63. The highest BCUT2D eigenvalue weighted by Gasteiger charge is 2.31. The molecular formula is C14H14F3NO. The van der Waals surface area contributed by atoms with Crippen LogP contribution in [-0.4, -0.2) is 12.5 Å². The van der Waals surface area contributed by atoms with E-state index < -0.39 is 11.7 Å². The molecular weight excluding hydrogens is 255 g/mol. The molecule has 2 nitrogen and oxygen atoms in total. The maximum Gasteiger partial charge on any atom is 0.416 e. The average molecular weight is 269 g/mol. The highest BCUT2D eigenvalue weighted by atomic mass is 19.4. The lowest BCUT2D eigenvalue weighted by atomic mass is 10.1. The zero-order valence-electron chi connectivity index (χ0n) is 10.7. The fourth-order valence-electron chi connectivity index (χ4n) is 2.24. The first-order chi connectivity index (χ1) is 8.84. The standard InChI is InChI=1S/C14H14F3NO/c1-3-12-9(2)8-18(13(12)19)11-6-4-10(5-7-11)14(15,16)17/h4-7H,3,8H2,1-2H3. The minimum Gasteiger partial charge on any atom is -0.305 e. The summed E-state index contributed by atoms with van der Waals surface area (Å²) in [5.41, 5.74) is 1.52. The molecule has 0 atom stereocenters. The Kier molecular flexibility index (Phi) is 3.39. The zero-order chi connectivity index (χ0) is 14.2. The zero-order valence-corrected chi connectivity index (χ0v) is 10.7. The molecule has 1 aliphatic rings. The molecule has 0 bridgehead atoms. The number of alkyl halides is 3. The second-order valence-electron chi connectivity index (χ2n) is 4.55. The Balaban J connectivity index is 2.24. The molecule has 0 aromatic heterocycles. The van der Waals surface area contributed by atoms with Crippen LogP contribution in [0.1, 0.15) is 25.8 Å². The molecule has 5 heteroatoms. The second kappa shape index (κ2) is 4.72. The summed E-state index contributed by atoms with van der Waals surface area (Å²) < 4.78 is 37.4. The van der Waals surface area contributed by atoms with Gasteiger partial charge in [0.1, 0.15) is 0 Å². The Morgan fingerprint density at radius 2 is 1.79 bits per heavy atom. The lowest BCUT2D eigenvalue weighted by molar-refractivity contribution is -0.137. The van der Waals surface area contributed by atoms with E-state index in [0.717, 1.165) is 23.3 Å². The molecule has 1 aliphatic heterocycles. The predicted molar refractivity (Wildman–Crippen MR) is 66.8 cm³/mol. The SMILES string of the molecule is CCC1=C(C)CN(c2ccc(C(F)(F)F)cc2)C1=O. The van der Waals surface area contributed by atoms with E-state index in [-0.39, 0.29) is 5.91 Å². The number of hydrogen-bond acceptors (Lipinski definition) is 1. The molecule has 1 aromatic carbocycles. The highest BCUT2D eigenvalue weighted by Crippen LogP contribution is 2.32. The molecule has 0 radical (unpaired) electrons. The largest absolute Gasteiger partial charge is 0.416 e. The molecule has 1 heterocycles. The van der Waals surface area contributed by atoms with Crippen molar-refractivity contribution in [2.24, 2.45) is 0 Å². The van der Waals surface area contributed by atoms with Crippen molar-refractivity contribution in [2.45, 2.75) is 26.4 Å². The second-order valence-corrected chi connectivity index (χ2v) is 4.55. The van der Waals surface area contributed by atoms with Gasteiger partial charge in [0.25, 0.3) is 5.91 Å². The van der Waals surface area contributed by atoms with Crippen molar-refractivity contribution in [3.63, 3.8) is 0 Å². The topological polar surface area (TPSA) is 20.3 Å². The quantitative estimate of drug-likeness (QED) is 0.800. The first-order valence-electron chi connectivity index (χ1n) is 6.02. The number of hydrogen-bond donors (Lipinski definition) is 0. The minimum atomic E-state index is -4.35. The van der Waals surface area contributed by atoms with Crippen LogP contribution < -0.4 is 4.90 Å². The highest BCUT2D eigenvalue weighted by molar-refractivity contribution is 6.09. The van der Waals surface area contributed by atoms with Gasteiger partial charge in [-0.15, -0.1) is 0 Å². The Morgan fingerprint density at radius 3 is 2.21 bits per heavy atom. The fraction of sp³-hybridized carbons (Fsp3) is 0.357. The molecule has 0 unspecified atom stereocenters. The van der Waals surface area contributed by atoms with Gasteiger partial charge in [0.15, 0.2) is 0 Å². The van der Waals surface area contributed by atoms with E-state index >= 15 is 0 Å². The van der Waals surface area contributed by atoms with Gasteiger partial charge in [0.05, 0.1) is 5.56 Å². The van der Waals surface area contributed by atoms with Crippen molar-refractivity contribution in [3.05, 3.63) is 41.0 Å². The minimum absolute atomic E-state index is 0.111. The maximum absolute atomic E-state index is 12.5. The summed E-state index contributed by atoms with van der Waals surface area (Å²) in [5.74, 6) is -0.111. The van der Waals surface area contributed by atoms with Gasteiger partial charge in [-0.05, 0) is 43.2 Å². The van der Waals surface area contributed by atoms with Gasteiger partial charge in [0, 0.05) is 17.8 Å². The molecule has 102 valence electrons. The lowest BCUT2D eigenvalue weighted by Gasteiger charge is -2.17. The van der Waals surface area contributed by atoms with Crippen LogP contribution in [0.4, 0.5) is 18.9 Å². The Labute approximate surface area is 109 Å². The van der Waals surface area contributed by atoms with Crippen LogP contribution >= 0.6 is 0 Å². The summed E-state index contributed by atoms with van der Waals surface area (Å²) in [6.07, 6.45) is -3.71. The van der Waals surface area contributed by atoms with Gasteiger partial charge in [-0.1, -0.05) is 6.92 Å². The molecule has 19 heavy (non-hydrogen) atoms. The summed E-state index contributed by atoms with van der Waals surface area (Å²) in [6, 6.07) is 4.68. The van der Waals surface area contributed by atoms with Crippen molar-refractivity contribution < 1.29 is 18.0 Å². The van der Waals surface area contributed by atoms with Gasteiger partial charge in [-0.2, -0.15) is 13.2 Å². The number of rotatable bonds is 2. The van der Waals surface area contributed by atoms with Gasteiger partial charge >= 0.3 is 6.18 Å². The monoisotopic (exact) mass is 269 g/mol. The molecule has 0 saturated carbocycles. The Morgan fingerprint density at radius 1 is 1.21 bits per heavy atom. The Hall–Kier alpha value is -1.78. The van der Waals surface area contributed by atoms with Crippen molar-refractivity contribution in [2.75, 3.05) is 11.4 Å². The summed E-state index contributed by atoms with van der Waals surface area (Å²) in [4.78, 5) is 13.6. The number of amides is 1. The van der Waals surface area contributed by atoms with E-state index in [1.165, 1.54) is 17.0 Å². The van der Waals surface area contributed by atoms with E-state index in [9.17, 15) is 18.0 Å². The molecule has 0 aliphatic carbocycles. The molecule has 0 saturated heterocycles. The van der Waals surface area contributed by atoms with Crippen molar-refractivity contribution in [1.29, 1.82) is 0 Å². The Bertz CT molecular complexity index is 529. The van der Waals surface area contributed by atoms with Crippen LogP contribution in [-0.2, 0) is 11.0 Å². The fourth-order valence-corrected chi connectivity index (χ4v) is 2.24. The first-order valence-corrected chi connectivity index (χ1v) is 6.02. The first kappa shape index (κ1) is 13.6. The van der Waals surface area contributed by atoms with Crippen LogP contribution in [0.15, 0.2) is 35.4 Å². The predicted octanol–water partition coefficient (Wildman–Crippen LogP) is 3.78. The van der Waals surface area contributed by atoms with Crippen molar-refractivity contribution >= 4 is 11.6 Å². The molecule has 0 fully saturated rings. The van der Waals surface area contributed by atoms with E-state index in [4.69, 9.17) is 0 Å². The van der Waals surface area contributed by atoms with E-state index in [2.05, 4.69) is 0 Å². The maximum atomic E-state index is 12.5. The summed E-state index contributed by atoms with van der Waals surface area (Å²) >= 11 is 0. The van der Waals surface area contributed by atoms with Crippen LogP contribution in [0.5, 0.6) is 0 Å². The lowest BCUT2D eigenvalue weighted by Crippen LogP contribution is -2.26. The van der Waals surface area contributed by atoms with E-state index in [0.29, 0.717) is 18.7 Å². The van der Waals surface area contributed by atoms with Crippen molar-refractivity contribution in [1.82, 2.24) is 0 Å². The van der Waals surface area contributed by atoms with Crippen molar-refractivity contribution in [3.8, 4) is 0 Å². The van der Waals surface area contributed by atoms with E-state index in [1.807, 2.05) is 13.8 Å². The van der Waals surface area contributed by atoms with Gasteiger partial charge < -0.3 is 4.90 Å². The van der Waals surface area contributed by atoms with Crippen LogP contribution in [0, 0.1) is 0 Å². The number of carbonyl (C=O) groups excluding carboxylic acids is 1. The summed E-state index contributed by atoms with van der Waals surface area (Å²) in [5, 5.41) is 0. The van der Waals surface area contributed by atoms with Crippen LogP contribution in [0.25, 0.3) is 0 Å². The number of nitrogens with zero attached hydrogens (tertiary/aromatic N) is 1. The third-order valence-electron chi connectivity index (χ3n) is 3.27. The smallest absolute Gasteiger partial charge is 0.305 e. The molecule has 2 rings (SSSR count). The number of carbonyl (C=O) groups is 1. The van der Waals surface area contributed by atoms with E-state index in [1.54, 1.807) is 0 Å². The molecule has 0 N–H and O–H groups in total. The summed E-state index contributed by atoms with van der Waals surface area (Å²) in [7, 11) is 0. The molecule has 1 amide bonds. The number of anilines is 1. The molecule has 1 aromatic rings. The normalized spacial score (nSPS) is 16.5. The third-order valence-corrected chi connectivity index (χ3v) is 3.27. The van der Waals surface area contributed by atoms with Gasteiger partial charge in [-0.25, -0.2) is 0 Å². The number of benzene rings is 1. The van der Waals surface area contributed by atoms with Crippen LogP contribution in [0.3, 0.4) is 0 Å². The summed E-state index contributed by atoms with van der Waals surface area (Å²) in [6.45, 7) is 4.22. The van der Waals surface area contributed by atoms with Crippen LogP contribution in [0.2, 0.25) is 0 Å². The number of halogens is 3. The molecule has 0 spiro atoms. The third kappa shape index (κ3) is 2.50. The van der Waals surface area contributed by atoms with Gasteiger partial charge in [-0.3, -0.25) is 4.79 Å². The van der Waals surface area contributed by atoms with Gasteiger partial charge in [0.2, 0.25) is 0 Å².